The Morgan fingerprint density at radius 2 is 0.893 bits per heavy atom. The second-order valence-electron chi connectivity index (χ2n) is 4.81. The molecule has 0 bridgehead atoms. The van der Waals surface area contributed by atoms with Gasteiger partial charge in [-0.3, -0.25) is 36.7 Å². The van der Waals surface area contributed by atoms with Crippen LogP contribution in [0.5, 0.6) is 0 Å². The Morgan fingerprint density at radius 3 is 1.14 bits per heavy atom. The van der Waals surface area contributed by atoms with Gasteiger partial charge >= 0.3 is 15.6 Å². The van der Waals surface area contributed by atoms with E-state index in [-0.39, 0.29) is 39.5 Å². The molecule has 0 heterocycles. The van der Waals surface area contributed by atoms with Gasteiger partial charge in [-0.1, -0.05) is 0 Å². The highest BCUT2D eigenvalue weighted by molar-refractivity contribution is 7.48. The fraction of sp³-hybridized carbons (Fsp3) is 0.857. The second kappa shape index (κ2) is 15.1. The van der Waals surface area contributed by atoms with E-state index in [9.17, 15) is 18.7 Å². The molecule has 0 unspecified atom stereocenters. The van der Waals surface area contributed by atoms with Crippen molar-refractivity contribution in [2.75, 3.05) is 52.7 Å². The van der Waals surface area contributed by atoms with Crippen LogP contribution in [0.2, 0.25) is 0 Å². The third kappa shape index (κ3) is 12.6. The van der Waals surface area contributed by atoms with Crippen LogP contribution in [-0.2, 0) is 45.9 Å². The number of hydrogen-bond acceptors (Lipinski definition) is 10. The highest BCUT2D eigenvalue weighted by Gasteiger charge is 2.27. The zero-order valence-corrected chi connectivity index (χ0v) is 18.4. The van der Waals surface area contributed by atoms with Crippen LogP contribution in [-0.4, -0.2) is 64.5 Å². The van der Waals surface area contributed by atoms with E-state index >= 15 is 0 Å². The minimum Gasteiger partial charge on any atom is -0.352 e. The van der Waals surface area contributed by atoms with Crippen molar-refractivity contribution in [2.24, 2.45) is 0 Å². The molecule has 166 valence electrons. The van der Waals surface area contributed by atoms with Crippen LogP contribution in [0.25, 0.3) is 0 Å². The number of rotatable bonds is 17. The van der Waals surface area contributed by atoms with Crippen molar-refractivity contribution in [2.45, 2.75) is 27.7 Å². The first-order valence-corrected chi connectivity index (χ1v) is 11.8. The van der Waals surface area contributed by atoms with Gasteiger partial charge in [-0.25, -0.2) is 9.13 Å². The van der Waals surface area contributed by atoms with Gasteiger partial charge in [0, 0.05) is 13.1 Å². The number of carbonyl (C=O) groups excluding carboxylic acids is 2. The molecule has 0 radical (unpaired) electrons. The van der Waals surface area contributed by atoms with E-state index < -0.39 is 40.7 Å². The van der Waals surface area contributed by atoms with Crippen LogP contribution in [0, 0.1) is 0 Å². The number of amides is 2. The molecule has 0 aromatic rings. The summed E-state index contributed by atoms with van der Waals surface area (Å²) < 4.78 is 53.4. The van der Waals surface area contributed by atoms with E-state index in [1.807, 2.05) is 0 Å². The van der Waals surface area contributed by atoms with Gasteiger partial charge in [0.2, 0.25) is 11.8 Å². The zero-order valence-electron chi connectivity index (χ0n) is 16.6. The highest BCUT2D eigenvalue weighted by atomic mass is 31.2. The minimum atomic E-state index is -3.76. The summed E-state index contributed by atoms with van der Waals surface area (Å²) in [5.41, 5.74) is 0. The summed E-state index contributed by atoms with van der Waals surface area (Å²) in [6, 6.07) is 0. The van der Waals surface area contributed by atoms with Crippen molar-refractivity contribution in [1.29, 1.82) is 0 Å². The van der Waals surface area contributed by atoms with E-state index in [2.05, 4.69) is 10.6 Å². The van der Waals surface area contributed by atoms with Gasteiger partial charge in [0.25, 0.3) is 0 Å². The third-order valence-corrected chi connectivity index (χ3v) is 5.81. The molecule has 14 heteroatoms. The Balaban J connectivity index is 4.08. The number of carbonyl (C=O) groups is 2. The molecular formula is C14H30N2O10P2. The van der Waals surface area contributed by atoms with E-state index in [1.165, 1.54) is 0 Å². The maximum Gasteiger partial charge on any atom is 0.475 e. The molecule has 0 saturated heterocycles. The third-order valence-electron chi connectivity index (χ3n) is 2.63. The molecule has 0 saturated carbocycles. The van der Waals surface area contributed by atoms with Crippen LogP contribution in [0.3, 0.4) is 0 Å². The predicted molar refractivity (Wildman–Crippen MR) is 99.6 cm³/mol. The molecule has 0 aromatic heterocycles. The normalized spacial score (nSPS) is 12.0. The summed E-state index contributed by atoms with van der Waals surface area (Å²) in [4.78, 5) is 23.3. The largest absolute Gasteiger partial charge is 0.475 e. The average Bonchev–Trinajstić information content (AvgIpc) is 2.63. The fourth-order valence-corrected chi connectivity index (χ4v) is 3.90. The summed E-state index contributed by atoms with van der Waals surface area (Å²) in [7, 11) is -7.52. The van der Waals surface area contributed by atoms with Crippen molar-refractivity contribution >= 4 is 27.5 Å². The monoisotopic (exact) mass is 448 g/mol. The van der Waals surface area contributed by atoms with Crippen molar-refractivity contribution in [1.82, 2.24) is 10.6 Å². The lowest BCUT2D eigenvalue weighted by Crippen LogP contribution is -2.37. The first kappa shape index (κ1) is 27.2. The van der Waals surface area contributed by atoms with Crippen molar-refractivity contribution < 1.29 is 45.9 Å². The summed E-state index contributed by atoms with van der Waals surface area (Å²) in [6.45, 7) is 5.98. The van der Waals surface area contributed by atoms with Crippen molar-refractivity contribution in [3.05, 3.63) is 0 Å². The van der Waals surface area contributed by atoms with E-state index in [4.69, 9.17) is 27.1 Å². The highest BCUT2D eigenvalue weighted by Crippen LogP contribution is 2.49. The maximum absolute atomic E-state index is 12.0. The molecule has 2 N–H and O–H groups in total. The summed E-state index contributed by atoms with van der Waals surface area (Å²) in [6.07, 6.45) is 0. The Labute approximate surface area is 165 Å². The molecule has 0 atom stereocenters. The molecule has 0 aliphatic rings. The topological polar surface area (TPSA) is 148 Å². The van der Waals surface area contributed by atoms with Gasteiger partial charge in [-0.15, -0.1) is 0 Å². The molecular weight excluding hydrogens is 418 g/mol. The van der Waals surface area contributed by atoms with Crippen LogP contribution in [0.4, 0.5) is 0 Å². The van der Waals surface area contributed by atoms with Gasteiger partial charge in [-0.05, 0) is 27.7 Å². The molecule has 0 spiro atoms. The zero-order chi connectivity index (χ0) is 21.5. The first-order valence-electron chi connectivity index (χ1n) is 8.84. The van der Waals surface area contributed by atoms with Crippen LogP contribution in [0.1, 0.15) is 27.7 Å². The predicted octanol–water partition coefficient (Wildman–Crippen LogP) is 1.61. The summed E-state index contributed by atoms with van der Waals surface area (Å²) >= 11 is 0. The lowest BCUT2D eigenvalue weighted by Gasteiger charge is -2.16. The average molecular weight is 448 g/mol. The first-order chi connectivity index (χ1) is 13.2. The minimum absolute atomic E-state index is 0.0794. The lowest BCUT2D eigenvalue weighted by atomic mass is 10.5. The SMILES string of the molecule is CCOP(=O)(OCC)OCC(=O)NCCNC(=O)COP(=O)(OCC)OCC. The quantitative estimate of drug-likeness (QED) is 0.248. The van der Waals surface area contributed by atoms with E-state index in [0.29, 0.717) is 0 Å². The fourth-order valence-electron chi connectivity index (χ4n) is 1.64. The number of nitrogens with one attached hydrogen (secondary N) is 2. The lowest BCUT2D eigenvalue weighted by molar-refractivity contribution is -0.125. The molecule has 28 heavy (non-hydrogen) atoms. The number of hydrogen-bond donors (Lipinski definition) is 2. The van der Waals surface area contributed by atoms with Crippen LogP contribution < -0.4 is 10.6 Å². The van der Waals surface area contributed by atoms with Gasteiger partial charge in [0.15, 0.2) is 0 Å². The van der Waals surface area contributed by atoms with Gasteiger partial charge in [0.1, 0.15) is 13.2 Å². The standard InChI is InChI=1S/C14H30N2O10P2/c1-5-21-27(19,22-6-2)25-11-13(17)15-9-10-16-14(18)12-26-28(20,23-7-3)24-8-4/h5-12H2,1-4H3,(H,15,17)(H,16,18). The number of phosphoric acid groups is 2. The van der Waals surface area contributed by atoms with Crippen LogP contribution >= 0.6 is 15.6 Å². The molecule has 12 nitrogen and oxygen atoms in total. The Bertz CT molecular complexity index is 492. The second-order valence-corrected chi connectivity index (χ2v) is 8.15. The van der Waals surface area contributed by atoms with E-state index in [1.54, 1.807) is 27.7 Å². The Morgan fingerprint density at radius 1 is 0.607 bits per heavy atom. The van der Waals surface area contributed by atoms with Gasteiger partial charge in [0.05, 0.1) is 26.4 Å². The smallest absolute Gasteiger partial charge is 0.352 e. The molecule has 2 amide bonds. The van der Waals surface area contributed by atoms with Gasteiger partial charge in [-0.2, -0.15) is 0 Å². The van der Waals surface area contributed by atoms with Crippen LogP contribution in [0.15, 0.2) is 0 Å². The van der Waals surface area contributed by atoms with Crippen molar-refractivity contribution in [3.63, 3.8) is 0 Å². The Kier molecular flexibility index (Phi) is 14.6. The van der Waals surface area contributed by atoms with Crippen molar-refractivity contribution in [3.8, 4) is 0 Å². The Hall–Kier alpha value is -0.840. The maximum atomic E-state index is 12.0. The number of phosphoric ester groups is 2. The van der Waals surface area contributed by atoms with E-state index in [0.717, 1.165) is 0 Å². The molecule has 0 fully saturated rings. The molecule has 0 aromatic carbocycles. The molecule has 0 aliphatic heterocycles. The van der Waals surface area contributed by atoms with Gasteiger partial charge < -0.3 is 10.6 Å². The summed E-state index contributed by atoms with van der Waals surface area (Å²) in [5.74, 6) is -1.13. The molecule has 0 rings (SSSR count). The summed E-state index contributed by atoms with van der Waals surface area (Å²) in [5, 5.41) is 4.90. The molecule has 0 aliphatic carbocycles.